The highest BCUT2D eigenvalue weighted by atomic mass is 18.2. The van der Waals surface area contributed by atoms with Crippen LogP contribution in [-0.2, 0) is 4.74 Å². The van der Waals surface area contributed by atoms with E-state index in [1.54, 1.807) is 6.92 Å². The van der Waals surface area contributed by atoms with Gasteiger partial charge in [0.25, 0.3) is 5.56 Å². The molecule has 7 heteroatoms. The Morgan fingerprint density at radius 1 is 1.65 bits per heavy atom. The molecule has 1 aliphatic rings. The molecule has 2 rings (SSSR count). The predicted molar refractivity (Wildman–Crippen MR) is 56.6 cm³/mol. The lowest BCUT2D eigenvalue weighted by Crippen LogP contribution is -2.33. The maximum absolute atomic E-state index is 13.4. The summed E-state index contributed by atoms with van der Waals surface area (Å²) in [5, 5.41) is 8.86. The summed E-state index contributed by atoms with van der Waals surface area (Å²) in [5.41, 5.74) is -0.771. The highest BCUT2D eigenvalue weighted by Crippen LogP contribution is 2.29. The number of aromatic amines is 1. The highest BCUT2D eigenvalue weighted by Gasteiger charge is 2.36. The van der Waals surface area contributed by atoms with E-state index in [4.69, 9.17) is 9.84 Å². The second-order valence-corrected chi connectivity index (χ2v) is 4.04. The molecule has 94 valence electrons. The van der Waals surface area contributed by atoms with Crippen molar-refractivity contribution in [2.24, 2.45) is 0 Å². The summed E-state index contributed by atoms with van der Waals surface area (Å²) in [6.45, 7) is 1.11. The largest absolute Gasteiger partial charge is 0.394 e. The quantitative estimate of drug-likeness (QED) is 0.730. The molecule has 2 heterocycles. The molecule has 0 radical (unpaired) electrons. The SMILES string of the molecule is Cc1cn(C2CC([18F])C(CO)O2)c(=O)[nH]c1=O. The van der Waals surface area contributed by atoms with Crippen LogP contribution in [0.25, 0.3) is 0 Å². The van der Waals surface area contributed by atoms with Crippen LogP contribution in [0.15, 0.2) is 15.8 Å². The van der Waals surface area contributed by atoms with Gasteiger partial charge in [-0.2, -0.15) is 0 Å². The van der Waals surface area contributed by atoms with Crippen molar-refractivity contribution in [2.75, 3.05) is 6.61 Å². The smallest absolute Gasteiger partial charge is 0.330 e. The van der Waals surface area contributed by atoms with Crippen molar-refractivity contribution in [2.45, 2.75) is 31.8 Å². The van der Waals surface area contributed by atoms with Crippen LogP contribution in [-0.4, -0.2) is 33.5 Å². The van der Waals surface area contributed by atoms with Crippen molar-refractivity contribution in [3.63, 3.8) is 0 Å². The molecule has 1 aromatic heterocycles. The maximum atomic E-state index is 13.4. The third kappa shape index (κ3) is 2.16. The molecule has 0 bridgehead atoms. The molecule has 17 heavy (non-hydrogen) atoms. The van der Waals surface area contributed by atoms with E-state index in [9.17, 15) is 14.0 Å². The minimum atomic E-state index is -1.32. The van der Waals surface area contributed by atoms with Crippen LogP contribution >= 0.6 is 0 Å². The average Bonchev–Trinajstić information content (AvgIpc) is 2.65. The number of nitrogens with one attached hydrogen (secondary N) is 1. The number of aryl methyl sites for hydroxylation is 1. The van der Waals surface area contributed by atoms with Crippen LogP contribution in [0, 0.1) is 6.92 Å². The average molecular weight is 243 g/mol. The van der Waals surface area contributed by atoms with Gasteiger partial charge in [0.15, 0.2) is 0 Å². The Hall–Kier alpha value is -1.47. The molecule has 0 saturated carbocycles. The van der Waals surface area contributed by atoms with Crippen molar-refractivity contribution in [3.8, 4) is 0 Å². The molecule has 1 saturated heterocycles. The van der Waals surface area contributed by atoms with E-state index in [1.165, 1.54) is 6.20 Å². The molecule has 0 aliphatic carbocycles. The fourth-order valence-electron chi connectivity index (χ4n) is 1.82. The second-order valence-electron chi connectivity index (χ2n) is 4.04. The molecule has 2 N–H and O–H groups in total. The summed E-state index contributed by atoms with van der Waals surface area (Å²) in [6, 6.07) is 0. The Bertz CT molecular complexity index is 524. The van der Waals surface area contributed by atoms with Crippen LogP contribution in [0.4, 0.5) is 4.39 Å². The first-order valence-corrected chi connectivity index (χ1v) is 5.25. The van der Waals surface area contributed by atoms with E-state index in [2.05, 4.69) is 4.98 Å². The second kappa shape index (κ2) is 4.42. The van der Waals surface area contributed by atoms with Gasteiger partial charge < -0.3 is 9.84 Å². The van der Waals surface area contributed by atoms with E-state index in [1.807, 2.05) is 0 Å². The first-order valence-electron chi connectivity index (χ1n) is 5.25. The number of ether oxygens (including phenoxy) is 1. The van der Waals surface area contributed by atoms with Crippen molar-refractivity contribution in [3.05, 3.63) is 32.6 Å². The lowest BCUT2D eigenvalue weighted by Gasteiger charge is -2.14. The maximum Gasteiger partial charge on any atom is 0.330 e. The van der Waals surface area contributed by atoms with Gasteiger partial charge in [0.2, 0.25) is 0 Å². The Morgan fingerprint density at radius 2 is 2.35 bits per heavy atom. The number of hydrogen-bond donors (Lipinski definition) is 2. The lowest BCUT2D eigenvalue weighted by molar-refractivity contribution is -0.0356. The van der Waals surface area contributed by atoms with Gasteiger partial charge in [-0.3, -0.25) is 14.3 Å². The van der Waals surface area contributed by atoms with Crippen LogP contribution in [0.3, 0.4) is 0 Å². The van der Waals surface area contributed by atoms with Gasteiger partial charge in [0, 0.05) is 18.2 Å². The van der Waals surface area contributed by atoms with Crippen molar-refractivity contribution >= 4 is 0 Å². The number of aromatic nitrogens is 2. The molecule has 1 aliphatic heterocycles. The Balaban J connectivity index is 2.34. The van der Waals surface area contributed by atoms with Gasteiger partial charge in [0.05, 0.1) is 6.61 Å². The number of halogens is 1. The minimum Gasteiger partial charge on any atom is -0.394 e. The van der Waals surface area contributed by atoms with Crippen molar-refractivity contribution < 1.29 is 14.2 Å². The molecule has 0 aromatic carbocycles. The van der Waals surface area contributed by atoms with Gasteiger partial charge in [-0.1, -0.05) is 0 Å². The Morgan fingerprint density at radius 3 is 2.94 bits per heavy atom. The zero-order valence-corrected chi connectivity index (χ0v) is 9.22. The van der Waals surface area contributed by atoms with Crippen LogP contribution in [0.1, 0.15) is 18.2 Å². The number of alkyl halides is 1. The number of H-pyrrole nitrogens is 1. The first kappa shape index (κ1) is 12.0. The Labute approximate surface area is 95.7 Å². The number of hydrogen-bond acceptors (Lipinski definition) is 4. The first-order chi connectivity index (χ1) is 8.02. The van der Waals surface area contributed by atoms with Crippen LogP contribution < -0.4 is 11.2 Å². The fraction of sp³-hybridized carbons (Fsp3) is 0.600. The summed E-state index contributed by atoms with van der Waals surface area (Å²) in [4.78, 5) is 24.8. The summed E-state index contributed by atoms with van der Waals surface area (Å²) in [5.74, 6) is 0. The predicted octanol–water partition coefficient (Wildman–Crippen LogP) is -0.537. The minimum absolute atomic E-state index is 0.0172. The van der Waals surface area contributed by atoms with Crippen LogP contribution in [0.5, 0.6) is 0 Å². The van der Waals surface area contributed by atoms with Crippen molar-refractivity contribution in [1.29, 1.82) is 0 Å². The number of aliphatic hydroxyl groups excluding tert-OH is 1. The monoisotopic (exact) mass is 243 g/mol. The van der Waals surface area contributed by atoms with E-state index < -0.39 is 36.4 Å². The van der Waals surface area contributed by atoms with E-state index >= 15 is 0 Å². The lowest BCUT2D eigenvalue weighted by atomic mass is 10.2. The van der Waals surface area contributed by atoms with E-state index in [-0.39, 0.29) is 6.42 Å². The molecular formula is C10H13FN2O4. The highest BCUT2D eigenvalue weighted by molar-refractivity contribution is 5.02. The normalized spacial score (nSPS) is 28.5. The molecular weight excluding hydrogens is 230 g/mol. The molecule has 0 amide bonds. The van der Waals surface area contributed by atoms with E-state index in [0.29, 0.717) is 5.56 Å². The summed E-state index contributed by atoms with van der Waals surface area (Å²) in [7, 11) is 0. The summed E-state index contributed by atoms with van der Waals surface area (Å²) >= 11 is 0. The third-order valence-electron chi connectivity index (χ3n) is 2.80. The van der Waals surface area contributed by atoms with Gasteiger partial charge in [-0.15, -0.1) is 0 Å². The number of rotatable bonds is 2. The molecule has 3 unspecified atom stereocenters. The van der Waals surface area contributed by atoms with E-state index in [0.717, 1.165) is 4.57 Å². The topological polar surface area (TPSA) is 84.3 Å². The summed E-state index contributed by atoms with van der Waals surface area (Å²) < 4.78 is 19.7. The number of aliphatic hydroxyl groups is 1. The molecule has 3 atom stereocenters. The molecule has 0 spiro atoms. The Kier molecular flexibility index (Phi) is 3.12. The van der Waals surface area contributed by atoms with Crippen LogP contribution in [0.2, 0.25) is 0 Å². The van der Waals surface area contributed by atoms with Gasteiger partial charge in [0.1, 0.15) is 18.5 Å². The fourth-order valence-corrected chi connectivity index (χ4v) is 1.82. The molecule has 6 nitrogen and oxygen atoms in total. The third-order valence-corrected chi connectivity index (χ3v) is 2.80. The molecule has 1 fully saturated rings. The summed E-state index contributed by atoms with van der Waals surface area (Å²) in [6.07, 6.45) is -1.71. The zero-order valence-electron chi connectivity index (χ0n) is 9.22. The standard InChI is InChI=1S/C10H13FN2O4/c1-5-3-13(10(16)12-9(5)15)8-2-6(11)7(4-14)17-8/h3,6-8,14H,2,4H2,1H3,(H,12,15,16)/i11-1. The molecule has 1 aromatic rings. The van der Waals surface area contributed by atoms with Gasteiger partial charge in [-0.25, -0.2) is 9.18 Å². The van der Waals surface area contributed by atoms with Gasteiger partial charge in [-0.05, 0) is 6.92 Å². The zero-order chi connectivity index (χ0) is 12.6. The van der Waals surface area contributed by atoms with Gasteiger partial charge >= 0.3 is 5.69 Å². The van der Waals surface area contributed by atoms with Crippen molar-refractivity contribution in [1.82, 2.24) is 9.55 Å². The number of nitrogens with zero attached hydrogens (tertiary/aromatic N) is 1.